The second-order valence-electron chi connectivity index (χ2n) is 9.56. The Labute approximate surface area is 226 Å². The van der Waals surface area contributed by atoms with Gasteiger partial charge in [0.15, 0.2) is 5.76 Å². The molecule has 2 aliphatic rings. The first-order chi connectivity index (χ1) is 19.3. The van der Waals surface area contributed by atoms with Gasteiger partial charge in [-0.15, -0.1) is 0 Å². The van der Waals surface area contributed by atoms with E-state index in [0.29, 0.717) is 41.6 Å². The Morgan fingerprint density at radius 1 is 0.564 bits per heavy atom. The molecule has 7 rings (SSSR count). The highest BCUT2D eigenvalue weighted by molar-refractivity contribution is 6.18. The number of carbonyl (C=O) groups is 1. The van der Waals surface area contributed by atoms with Crippen LogP contribution >= 0.6 is 0 Å². The number of cyclic esters (lactones) is 1. The van der Waals surface area contributed by atoms with Crippen molar-refractivity contribution in [3.8, 4) is 11.5 Å². The zero-order valence-corrected chi connectivity index (χ0v) is 21.1. The highest BCUT2D eigenvalue weighted by Crippen LogP contribution is 2.51. The summed E-state index contributed by atoms with van der Waals surface area (Å²) < 4.78 is 19.0. The summed E-state index contributed by atoms with van der Waals surface area (Å²) in [6.07, 6.45) is 4.05. The van der Waals surface area contributed by atoms with Crippen molar-refractivity contribution in [1.29, 1.82) is 0 Å². The molecule has 1 heterocycles. The molecule has 1 aliphatic carbocycles. The summed E-state index contributed by atoms with van der Waals surface area (Å²) in [7, 11) is 0. The van der Waals surface area contributed by atoms with Gasteiger partial charge in [-0.1, -0.05) is 115 Å². The molecule has 4 heteroatoms. The lowest BCUT2D eigenvalue weighted by molar-refractivity contribution is 0.0712. The van der Waals surface area contributed by atoms with Gasteiger partial charge in [0.25, 0.3) is 0 Å². The van der Waals surface area contributed by atoms with Crippen LogP contribution in [0.3, 0.4) is 0 Å². The molecule has 0 unspecified atom stereocenters. The van der Waals surface area contributed by atoms with E-state index >= 15 is 0 Å². The lowest BCUT2D eigenvalue weighted by atomic mass is 9.95. The summed E-state index contributed by atoms with van der Waals surface area (Å²) in [6.45, 7) is 0.675. The summed E-state index contributed by atoms with van der Waals surface area (Å²) in [4.78, 5) is 13.6. The first kappa shape index (κ1) is 23.1. The maximum Gasteiger partial charge on any atom is 0.348 e. The van der Waals surface area contributed by atoms with Gasteiger partial charge in [0.05, 0.1) is 5.56 Å². The van der Waals surface area contributed by atoms with E-state index in [1.807, 2.05) is 115 Å². The summed E-state index contributed by atoms with van der Waals surface area (Å²) >= 11 is 0. The number of ether oxygens (including phenoxy) is 3. The van der Waals surface area contributed by atoms with Crippen LogP contribution in [0.25, 0.3) is 28.2 Å². The van der Waals surface area contributed by atoms with Gasteiger partial charge in [-0.05, 0) is 28.3 Å². The molecule has 188 valence electrons. The fraction of sp³-hybridized carbons (Fsp3) is 0.0571. The molecular formula is C35H24O4. The van der Waals surface area contributed by atoms with Crippen molar-refractivity contribution in [2.45, 2.75) is 13.2 Å². The third-order valence-electron chi connectivity index (χ3n) is 7.12. The van der Waals surface area contributed by atoms with Gasteiger partial charge < -0.3 is 14.2 Å². The quantitative estimate of drug-likeness (QED) is 0.218. The zero-order chi connectivity index (χ0) is 26.2. The van der Waals surface area contributed by atoms with E-state index in [4.69, 9.17) is 14.2 Å². The van der Waals surface area contributed by atoms with Gasteiger partial charge in [0, 0.05) is 16.3 Å². The molecular weight excluding hydrogens is 484 g/mol. The van der Waals surface area contributed by atoms with E-state index in [0.717, 1.165) is 38.6 Å². The number of hydrogen-bond acceptors (Lipinski definition) is 4. The molecule has 39 heavy (non-hydrogen) atoms. The Morgan fingerprint density at radius 3 is 1.74 bits per heavy atom. The van der Waals surface area contributed by atoms with Crippen LogP contribution in [0.15, 0.2) is 115 Å². The van der Waals surface area contributed by atoms with Gasteiger partial charge in [0.2, 0.25) is 0 Å². The Kier molecular flexibility index (Phi) is 5.71. The average molecular weight is 509 g/mol. The number of benzene rings is 5. The van der Waals surface area contributed by atoms with Crippen LogP contribution in [0.5, 0.6) is 11.5 Å². The normalized spacial score (nSPS) is 15.2. The lowest BCUT2D eigenvalue weighted by Gasteiger charge is -2.18. The molecule has 0 aromatic heterocycles. The van der Waals surface area contributed by atoms with E-state index in [-0.39, 0.29) is 0 Å². The summed E-state index contributed by atoms with van der Waals surface area (Å²) in [5.41, 5.74) is 6.02. The van der Waals surface area contributed by atoms with Crippen LogP contribution in [-0.4, -0.2) is 5.97 Å². The lowest BCUT2D eigenvalue weighted by Crippen LogP contribution is -2.05. The number of carbonyl (C=O) groups excluding carboxylic acids is 1. The van der Waals surface area contributed by atoms with Gasteiger partial charge in [-0.25, -0.2) is 4.79 Å². The molecule has 0 amide bonds. The zero-order valence-electron chi connectivity index (χ0n) is 21.1. The number of allylic oxidation sites excluding steroid dienone is 2. The van der Waals surface area contributed by atoms with Crippen molar-refractivity contribution >= 4 is 34.2 Å². The topological polar surface area (TPSA) is 44.8 Å². The average Bonchev–Trinajstić information content (AvgIpc) is 3.57. The third-order valence-corrected chi connectivity index (χ3v) is 7.12. The molecule has 0 radical (unpaired) electrons. The minimum Gasteiger partial charge on any atom is -0.487 e. The predicted molar refractivity (Wildman–Crippen MR) is 153 cm³/mol. The molecule has 0 fully saturated rings. The van der Waals surface area contributed by atoms with E-state index < -0.39 is 5.97 Å². The summed E-state index contributed by atoms with van der Waals surface area (Å²) in [5.74, 6) is 1.17. The van der Waals surface area contributed by atoms with Crippen LogP contribution in [0.4, 0.5) is 0 Å². The van der Waals surface area contributed by atoms with Crippen molar-refractivity contribution in [2.75, 3.05) is 0 Å². The summed E-state index contributed by atoms with van der Waals surface area (Å²) in [6, 6.07) is 35.9. The highest BCUT2D eigenvalue weighted by Gasteiger charge is 2.39. The van der Waals surface area contributed by atoms with Crippen LogP contribution in [0, 0.1) is 0 Å². The van der Waals surface area contributed by atoms with Gasteiger partial charge >= 0.3 is 5.97 Å². The second-order valence-corrected chi connectivity index (χ2v) is 9.56. The van der Waals surface area contributed by atoms with Crippen LogP contribution in [0.2, 0.25) is 0 Å². The molecule has 0 atom stereocenters. The molecule has 0 spiro atoms. The molecule has 0 N–H and O–H groups in total. The monoisotopic (exact) mass is 508 g/mol. The van der Waals surface area contributed by atoms with Gasteiger partial charge in [-0.3, -0.25) is 0 Å². The molecule has 5 aromatic carbocycles. The predicted octanol–water partition coefficient (Wildman–Crippen LogP) is 8.06. The van der Waals surface area contributed by atoms with Crippen LogP contribution < -0.4 is 9.47 Å². The van der Waals surface area contributed by atoms with E-state index in [9.17, 15) is 4.79 Å². The van der Waals surface area contributed by atoms with Crippen molar-refractivity contribution in [1.82, 2.24) is 0 Å². The van der Waals surface area contributed by atoms with Crippen molar-refractivity contribution in [3.05, 3.63) is 149 Å². The molecule has 0 saturated carbocycles. The number of esters is 1. The fourth-order valence-electron chi connectivity index (χ4n) is 5.28. The number of rotatable bonds is 6. The molecule has 1 aliphatic heterocycles. The maximum atomic E-state index is 13.6. The van der Waals surface area contributed by atoms with Crippen LogP contribution in [0.1, 0.15) is 38.2 Å². The largest absolute Gasteiger partial charge is 0.487 e. The second kappa shape index (κ2) is 9.66. The fourth-order valence-corrected chi connectivity index (χ4v) is 5.28. The van der Waals surface area contributed by atoms with E-state index in [1.54, 1.807) is 0 Å². The molecule has 5 aromatic rings. The standard InChI is InChI=1S/C35H24O4/c36-35-31-30(34(39-35)29-20-19-25-15-7-8-16-26(25)29)32(37-21-23-11-3-1-4-12-23)27-17-9-10-18-28(27)33(31)38-22-24-13-5-2-6-14-24/h1-20H,21-22H2. The van der Waals surface area contributed by atoms with Gasteiger partial charge in [0.1, 0.15) is 30.3 Å². The molecule has 0 saturated heterocycles. The third kappa shape index (κ3) is 4.07. The van der Waals surface area contributed by atoms with Crippen molar-refractivity contribution in [3.63, 3.8) is 0 Å². The Morgan fingerprint density at radius 2 is 1.10 bits per heavy atom. The Balaban J connectivity index is 1.45. The molecule has 4 nitrogen and oxygen atoms in total. The van der Waals surface area contributed by atoms with E-state index in [2.05, 4.69) is 6.07 Å². The van der Waals surface area contributed by atoms with E-state index in [1.165, 1.54) is 0 Å². The smallest absolute Gasteiger partial charge is 0.348 e. The van der Waals surface area contributed by atoms with Crippen molar-refractivity contribution < 1.29 is 19.0 Å². The highest BCUT2D eigenvalue weighted by atomic mass is 16.5. The van der Waals surface area contributed by atoms with Crippen LogP contribution in [-0.2, 0) is 18.0 Å². The first-order valence-corrected chi connectivity index (χ1v) is 12.9. The minimum absolute atomic E-state index is 0.323. The van der Waals surface area contributed by atoms with Gasteiger partial charge in [-0.2, -0.15) is 0 Å². The summed E-state index contributed by atoms with van der Waals surface area (Å²) in [5, 5.41) is 1.67. The number of fused-ring (bicyclic) bond motifs is 3. The number of hydrogen-bond donors (Lipinski definition) is 0. The first-order valence-electron chi connectivity index (χ1n) is 12.9. The SMILES string of the molecule is O=C1OC(=C2C=Cc3ccccc32)c2c1c(OCc1ccccc1)c1ccccc1c2OCc1ccccc1. The van der Waals surface area contributed by atoms with Crippen molar-refractivity contribution in [2.24, 2.45) is 0 Å². The Bertz CT molecular complexity index is 1780. The Hall–Kier alpha value is -5.09. The minimum atomic E-state index is -0.441. The molecule has 0 bridgehead atoms. The maximum absolute atomic E-state index is 13.6.